The highest BCUT2D eigenvalue weighted by atomic mass is 19.1. The number of ether oxygens (including phenoxy) is 2. The maximum absolute atomic E-state index is 13.8. The van der Waals surface area contributed by atoms with Gasteiger partial charge in [0.1, 0.15) is 5.82 Å². The topological polar surface area (TPSA) is 54.3 Å². The molecule has 2 aromatic rings. The second kappa shape index (κ2) is 6.35. The van der Waals surface area contributed by atoms with E-state index < -0.39 is 5.82 Å². The van der Waals surface area contributed by atoms with Crippen LogP contribution in [0.5, 0.6) is 11.5 Å². The summed E-state index contributed by atoms with van der Waals surface area (Å²) in [6, 6.07) is 12.0. The monoisotopic (exact) mass is 298 g/mol. The van der Waals surface area contributed by atoms with Crippen LogP contribution in [0.3, 0.4) is 0 Å². The number of nitrogens with one attached hydrogen (secondary N) is 1. The lowest BCUT2D eigenvalue weighted by molar-refractivity contribution is 0.297. The van der Waals surface area contributed by atoms with Crippen LogP contribution in [0.15, 0.2) is 36.4 Å². The van der Waals surface area contributed by atoms with Gasteiger partial charge in [-0.2, -0.15) is 5.26 Å². The Hall–Kier alpha value is -2.74. The molecule has 5 heteroatoms. The molecule has 0 saturated carbocycles. The van der Waals surface area contributed by atoms with Gasteiger partial charge >= 0.3 is 0 Å². The smallest absolute Gasteiger partial charge is 0.161 e. The van der Waals surface area contributed by atoms with Crippen LogP contribution in [0.1, 0.15) is 17.5 Å². The molecule has 0 aromatic heterocycles. The first-order chi connectivity index (χ1) is 10.8. The van der Waals surface area contributed by atoms with Crippen molar-refractivity contribution < 1.29 is 13.9 Å². The van der Waals surface area contributed by atoms with E-state index in [2.05, 4.69) is 5.32 Å². The zero-order valence-electron chi connectivity index (χ0n) is 11.9. The molecule has 0 bridgehead atoms. The first-order valence-corrected chi connectivity index (χ1v) is 7.08. The second-order valence-corrected chi connectivity index (χ2v) is 4.99. The summed E-state index contributed by atoms with van der Waals surface area (Å²) in [4.78, 5) is 0. The Balaban J connectivity index is 1.72. The Bertz CT molecular complexity index is 725. The van der Waals surface area contributed by atoms with Crippen molar-refractivity contribution in [2.75, 3.05) is 18.5 Å². The lowest BCUT2D eigenvalue weighted by Crippen LogP contribution is -2.02. The molecule has 2 aromatic carbocycles. The largest absolute Gasteiger partial charge is 0.490 e. The van der Waals surface area contributed by atoms with Crippen molar-refractivity contribution in [2.24, 2.45) is 0 Å². The second-order valence-electron chi connectivity index (χ2n) is 4.99. The van der Waals surface area contributed by atoms with Crippen LogP contribution in [0.4, 0.5) is 10.1 Å². The van der Waals surface area contributed by atoms with Gasteiger partial charge in [0, 0.05) is 13.0 Å². The van der Waals surface area contributed by atoms with Crippen molar-refractivity contribution in [1.29, 1.82) is 5.26 Å². The number of fused-ring (bicyclic) bond motifs is 1. The highest BCUT2D eigenvalue weighted by molar-refractivity contribution is 5.50. The summed E-state index contributed by atoms with van der Waals surface area (Å²) < 4.78 is 25.0. The lowest BCUT2D eigenvalue weighted by atomic mass is 10.1. The number of halogens is 1. The number of nitriles is 1. The van der Waals surface area contributed by atoms with Crippen LogP contribution < -0.4 is 14.8 Å². The van der Waals surface area contributed by atoms with Gasteiger partial charge < -0.3 is 14.8 Å². The molecule has 0 fully saturated rings. The van der Waals surface area contributed by atoms with Crippen LogP contribution in [-0.4, -0.2) is 13.2 Å². The molecule has 0 saturated heterocycles. The summed E-state index contributed by atoms with van der Waals surface area (Å²) in [7, 11) is 0. The number of benzene rings is 2. The van der Waals surface area contributed by atoms with Gasteiger partial charge in [0.05, 0.1) is 30.5 Å². The fourth-order valence-electron chi connectivity index (χ4n) is 2.24. The quantitative estimate of drug-likeness (QED) is 0.942. The van der Waals surface area contributed by atoms with Gasteiger partial charge in [0.25, 0.3) is 0 Å². The molecule has 4 nitrogen and oxygen atoms in total. The van der Waals surface area contributed by atoms with Crippen molar-refractivity contribution in [3.05, 3.63) is 53.3 Å². The summed E-state index contributed by atoms with van der Waals surface area (Å²) in [6.07, 6.45) is 0.860. The molecule has 0 amide bonds. The maximum Gasteiger partial charge on any atom is 0.161 e. The highest BCUT2D eigenvalue weighted by Crippen LogP contribution is 2.30. The molecule has 0 unspecified atom stereocenters. The Morgan fingerprint density at radius 1 is 1.09 bits per heavy atom. The van der Waals surface area contributed by atoms with Gasteiger partial charge in [0.2, 0.25) is 0 Å². The minimum atomic E-state index is -0.437. The van der Waals surface area contributed by atoms with Crippen LogP contribution in [0.25, 0.3) is 0 Å². The summed E-state index contributed by atoms with van der Waals surface area (Å²) in [5.74, 6) is 1.02. The zero-order chi connectivity index (χ0) is 15.4. The van der Waals surface area contributed by atoms with Crippen molar-refractivity contribution in [2.45, 2.75) is 13.0 Å². The predicted molar refractivity (Wildman–Crippen MR) is 80.5 cm³/mol. The molecule has 22 heavy (non-hydrogen) atoms. The van der Waals surface area contributed by atoms with Gasteiger partial charge in [-0.25, -0.2) is 4.39 Å². The molecule has 0 aliphatic carbocycles. The van der Waals surface area contributed by atoms with Gasteiger partial charge in [0.15, 0.2) is 11.5 Å². The van der Waals surface area contributed by atoms with E-state index in [1.807, 2.05) is 24.3 Å². The summed E-state index contributed by atoms with van der Waals surface area (Å²) in [6.45, 7) is 1.74. The third-order valence-corrected chi connectivity index (χ3v) is 3.39. The van der Waals surface area contributed by atoms with E-state index in [1.54, 1.807) is 12.1 Å². The maximum atomic E-state index is 13.8. The number of nitrogens with zero attached hydrogens (tertiary/aromatic N) is 1. The first kappa shape index (κ1) is 14.2. The molecule has 3 rings (SSSR count). The molecule has 1 N–H and O–H groups in total. The minimum Gasteiger partial charge on any atom is -0.490 e. The minimum absolute atomic E-state index is 0.304. The van der Waals surface area contributed by atoms with Crippen LogP contribution in [0, 0.1) is 17.1 Å². The molecular formula is C17H15FN2O2. The standard InChI is InChI=1S/C17H15FN2O2/c18-14-8-12(10-19)2-4-15(14)20-11-13-3-5-16-17(9-13)22-7-1-6-21-16/h2-5,8-9,20H,1,6-7,11H2. The Labute approximate surface area is 128 Å². The molecule has 0 radical (unpaired) electrons. The fraction of sp³-hybridized carbons (Fsp3) is 0.235. The first-order valence-electron chi connectivity index (χ1n) is 7.08. The van der Waals surface area contributed by atoms with Crippen LogP contribution >= 0.6 is 0 Å². The highest BCUT2D eigenvalue weighted by Gasteiger charge is 2.11. The molecule has 0 spiro atoms. The third kappa shape index (κ3) is 3.12. The molecule has 0 atom stereocenters. The molecule has 1 aliphatic rings. The van der Waals surface area contributed by atoms with E-state index in [9.17, 15) is 4.39 Å². The lowest BCUT2D eigenvalue weighted by Gasteiger charge is -2.11. The van der Waals surface area contributed by atoms with E-state index in [0.29, 0.717) is 31.0 Å². The van der Waals surface area contributed by atoms with E-state index in [4.69, 9.17) is 14.7 Å². The van der Waals surface area contributed by atoms with E-state index in [1.165, 1.54) is 6.07 Å². The Morgan fingerprint density at radius 2 is 1.91 bits per heavy atom. The third-order valence-electron chi connectivity index (χ3n) is 3.39. The zero-order valence-corrected chi connectivity index (χ0v) is 11.9. The number of hydrogen-bond donors (Lipinski definition) is 1. The SMILES string of the molecule is N#Cc1ccc(NCc2ccc3c(c2)OCCCO3)c(F)c1. The Morgan fingerprint density at radius 3 is 2.68 bits per heavy atom. The van der Waals surface area contributed by atoms with Crippen molar-refractivity contribution in [1.82, 2.24) is 0 Å². The van der Waals surface area contributed by atoms with E-state index in [-0.39, 0.29) is 0 Å². The van der Waals surface area contributed by atoms with E-state index in [0.717, 1.165) is 23.5 Å². The molecule has 1 aliphatic heterocycles. The van der Waals surface area contributed by atoms with Crippen LogP contribution in [0.2, 0.25) is 0 Å². The van der Waals surface area contributed by atoms with Gasteiger partial charge in [-0.1, -0.05) is 6.07 Å². The van der Waals surface area contributed by atoms with Gasteiger partial charge in [-0.3, -0.25) is 0 Å². The number of rotatable bonds is 3. The van der Waals surface area contributed by atoms with E-state index >= 15 is 0 Å². The van der Waals surface area contributed by atoms with Gasteiger partial charge in [-0.15, -0.1) is 0 Å². The molecule has 1 heterocycles. The predicted octanol–water partition coefficient (Wildman–Crippen LogP) is 3.47. The normalized spacial score (nSPS) is 13.1. The molecular weight excluding hydrogens is 283 g/mol. The molecule has 112 valence electrons. The fourth-order valence-corrected chi connectivity index (χ4v) is 2.24. The van der Waals surface area contributed by atoms with Crippen molar-refractivity contribution >= 4 is 5.69 Å². The van der Waals surface area contributed by atoms with Crippen LogP contribution in [-0.2, 0) is 6.54 Å². The van der Waals surface area contributed by atoms with Crippen molar-refractivity contribution in [3.63, 3.8) is 0 Å². The number of anilines is 1. The summed E-state index contributed by atoms with van der Waals surface area (Å²) >= 11 is 0. The average Bonchev–Trinajstić information content (AvgIpc) is 2.78. The summed E-state index contributed by atoms with van der Waals surface area (Å²) in [5.41, 5.74) is 1.64. The average molecular weight is 298 g/mol. The summed E-state index contributed by atoms with van der Waals surface area (Å²) in [5, 5.41) is 11.8. The van der Waals surface area contributed by atoms with Gasteiger partial charge in [-0.05, 0) is 35.9 Å². The number of hydrogen-bond acceptors (Lipinski definition) is 4. The van der Waals surface area contributed by atoms with Crippen molar-refractivity contribution in [3.8, 4) is 17.6 Å². The Kier molecular flexibility index (Phi) is 4.10.